The highest BCUT2D eigenvalue weighted by Gasteiger charge is 2.27. The van der Waals surface area contributed by atoms with E-state index < -0.39 is 5.97 Å². The number of carbonyl (C=O) groups is 1. The molecule has 5 heteroatoms. The number of aliphatic carboxylic acids is 1. The molecule has 0 unspecified atom stereocenters. The van der Waals surface area contributed by atoms with Gasteiger partial charge in [-0.15, -0.1) is 0 Å². The van der Waals surface area contributed by atoms with E-state index >= 15 is 0 Å². The average Bonchev–Trinajstić information content (AvgIpc) is 2.90. The van der Waals surface area contributed by atoms with Crippen LogP contribution < -0.4 is 0 Å². The largest absolute Gasteiger partial charge is 0.481 e. The van der Waals surface area contributed by atoms with E-state index in [0.29, 0.717) is 12.5 Å². The Balaban J connectivity index is 2.12. The molecule has 1 aromatic heterocycles. The zero-order valence-electron chi connectivity index (χ0n) is 12.8. The van der Waals surface area contributed by atoms with Gasteiger partial charge in [0.15, 0.2) is 0 Å². The average molecular weight is 292 g/mol. The van der Waals surface area contributed by atoms with Gasteiger partial charge in [0.05, 0.1) is 18.3 Å². The van der Waals surface area contributed by atoms with Gasteiger partial charge in [-0.05, 0) is 50.4 Å². The van der Waals surface area contributed by atoms with Gasteiger partial charge in [-0.3, -0.25) is 14.7 Å². The molecule has 0 saturated carbocycles. The van der Waals surface area contributed by atoms with Crippen molar-refractivity contribution in [3.8, 4) is 0 Å². The quantitative estimate of drug-likeness (QED) is 0.834. The fraction of sp³-hybridized carbons (Fsp3) is 0.625. The van der Waals surface area contributed by atoms with E-state index in [1.54, 1.807) is 7.11 Å². The number of carboxylic acid groups (broad SMARTS) is 1. The number of aryl methyl sites for hydroxylation is 2. The lowest BCUT2D eigenvalue weighted by Crippen LogP contribution is -2.27. The van der Waals surface area contributed by atoms with Gasteiger partial charge in [-0.2, -0.15) is 0 Å². The highest BCUT2D eigenvalue weighted by Crippen LogP contribution is 2.31. The van der Waals surface area contributed by atoms with Crippen LogP contribution in [0.15, 0.2) is 12.1 Å². The molecular weight excluding hydrogens is 268 g/mol. The monoisotopic (exact) mass is 292 g/mol. The molecule has 2 rings (SSSR count). The molecule has 1 fully saturated rings. The summed E-state index contributed by atoms with van der Waals surface area (Å²) in [6.07, 6.45) is 3.02. The summed E-state index contributed by atoms with van der Waals surface area (Å²) in [5.74, 6) is -0.756. The summed E-state index contributed by atoms with van der Waals surface area (Å²) in [5, 5.41) is 8.83. The molecule has 0 spiro atoms. The van der Waals surface area contributed by atoms with Crippen molar-refractivity contribution >= 4 is 5.97 Å². The fourth-order valence-corrected chi connectivity index (χ4v) is 2.97. The molecule has 1 N–H and O–H groups in total. The number of aromatic nitrogens is 1. The van der Waals surface area contributed by atoms with Crippen molar-refractivity contribution in [3.05, 3.63) is 29.1 Å². The van der Waals surface area contributed by atoms with Gasteiger partial charge in [0.2, 0.25) is 0 Å². The van der Waals surface area contributed by atoms with Crippen molar-refractivity contribution in [2.24, 2.45) is 0 Å². The van der Waals surface area contributed by atoms with E-state index in [-0.39, 0.29) is 6.42 Å². The van der Waals surface area contributed by atoms with Crippen molar-refractivity contribution in [3.63, 3.8) is 0 Å². The number of pyridine rings is 1. The molecule has 1 aliphatic heterocycles. The third-order valence-electron chi connectivity index (χ3n) is 3.95. The summed E-state index contributed by atoms with van der Waals surface area (Å²) in [4.78, 5) is 17.8. The molecule has 0 radical (unpaired) electrons. The number of ether oxygens (including phenoxy) is 1. The third-order valence-corrected chi connectivity index (χ3v) is 3.95. The van der Waals surface area contributed by atoms with Crippen molar-refractivity contribution < 1.29 is 14.6 Å². The summed E-state index contributed by atoms with van der Waals surface area (Å²) < 4.78 is 5.17. The first-order valence-corrected chi connectivity index (χ1v) is 7.52. The Morgan fingerprint density at radius 3 is 3.05 bits per heavy atom. The Bertz CT molecular complexity index is 490. The zero-order valence-corrected chi connectivity index (χ0v) is 12.8. The van der Waals surface area contributed by atoms with Gasteiger partial charge in [0.1, 0.15) is 0 Å². The summed E-state index contributed by atoms with van der Waals surface area (Å²) in [6, 6.07) is 4.40. The number of nitrogens with zero attached hydrogens (tertiary/aromatic N) is 2. The fourth-order valence-electron chi connectivity index (χ4n) is 2.97. The van der Waals surface area contributed by atoms with Crippen molar-refractivity contribution in [2.45, 2.75) is 38.6 Å². The van der Waals surface area contributed by atoms with E-state index in [1.165, 1.54) is 6.42 Å². The van der Waals surface area contributed by atoms with Crippen molar-refractivity contribution in [1.29, 1.82) is 0 Å². The maximum atomic E-state index is 10.7. The number of rotatable bonds is 7. The normalized spacial score (nSPS) is 19.0. The van der Waals surface area contributed by atoms with Gasteiger partial charge >= 0.3 is 5.97 Å². The topological polar surface area (TPSA) is 62.7 Å². The molecule has 1 aliphatic rings. The van der Waals surface area contributed by atoms with Crippen molar-refractivity contribution in [1.82, 2.24) is 9.88 Å². The van der Waals surface area contributed by atoms with E-state index in [0.717, 1.165) is 43.1 Å². The Morgan fingerprint density at radius 2 is 2.33 bits per heavy atom. The molecule has 0 aromatic carbocycles. The second-order valence-corrected chi connectivity index (χ2v) is 5.62. The summed E-state index contributed by atoms with van der Waals surface area (Å²) in [7, 11) is 1.72. The third kappa shape index (κ3) is 4.51. The minimum Gasteiger partial charge on any atom is -0.481 e. The molecular formula is C16H24N2O3. The van der Waals surface area contributed by atoms with Crippen LogP contribution in [0.25, 0.3) is 0 Å². The zero-order chi connectivity index (χ0) is 15.2. The Labute approximate surface area is 125 Å². The predicted octanol–water partition coefficient (Wildman–Crippen LogP) is 2.19. The number of carboxylic acids is 1. The molecule has 21 heavy (non-hydrogen) atoms. The number of hydrogen-bond donors (Lipinski definition) is 1. The summed E-state index contributed by atoms with van der Waals surface area (Å²) in [6.45, 7) is 4.70. The molecule has 5 nitrogen and oxygen atoms in total. The first-order chi connectivity index (χ1) is 10.1. The minimum atomic E-state index is -0.756. The van der Waals surface area contributed by atoms with Gasteiger partial charge in [-0.1, -0.05) is 0 Å². The van der Waals surface area contributed by atoms with Crippen LogP contribution in [0.4, 0.5) is 0 Å². The van der Waals surface area contributed by atoms with Crippen LogP contribution in [0.2, 0.25) is 0 Å². The predicted molar refractivity (Wildman–Crippen MR) is 80.4 cm³/mol. The van der Waals surface area contributed by atoms with Crippen LogP contribution in [-0.2, 0) is 16.0 Å². The highest BCUT2D eigenvalue weighted by molar-refractivity contribution is 5.67. The lowest BCUT2D eigenvalue weighted by atomic mass is 10.0. The lowest BCUT2D eigenvalue weighted by molar-refractivity contribution is -0.136. The van der Waals surface area contributed by atoms with Gasteiger partial charge in [0.25, 0.3) is 0 Å². The number of hydrogen-bond acceptors (Lipinski definition) is 4. The first-order valence-electron chi connectivity index (χ1n) is 7.52. The van der Waals surface area contributed by atoms with Crippen LogP contribution in [0, 0.1) is 6.92 Å². The number of likely N-dealkylation sites (tertiary alicyclic amines) is 1. The summed E-state index contributed by atoms with van der Waals surface area (Å²) >= 11 is 0. The molecule has 0 amide bonds. The highest BCUT2D eigenvalue weighted by atomic mass is 16.5. The van der Waals surface area contributed by atoms with E-state index in [4.69, 9.17) is 9.84 Å². The summed E-state index contributed by atoms with van der Waals surface area (Å²) in [5.41, 5.74) is 3.11. The molecule has 0 aliphatic carbocycles. The van der Waals surface area contributed by atoms with Crippen LogP contribution in [-0.4, -0.2) is 47.8 Å². The molecule has 0 bridgehead atoms. The molecule has 1 saturated heterocycles. The van der Waals surface area contributed by atoms with Gasteiger partial charge in [0, 0.05) is 25.8 Å². The van der Waals surface area contributed by atoms with E-state index in [9.17, 15) is 4.79 Å². The first kappa shape index (κ1) is 15.9. The van der Waals surface area contributed by atoms with Crippen LogP contribution in [0.1, 0.15) is 42.3 Å². The Hall–Kier alpha value is -1.46. The molecule has 1 atom stereocenters. The van der Waals surface area contributed by atoms with Crippen LogP contribution >= 0.6 is 0 Å². The smallest absolute Gasteiger partial charge is 0.303 e. The lowest BCUT2D eigenvalue weighted by Gasteiger charge is -2.24. The standard InChI is InChI=1S/C16H24N2O3/c1-12-10-13(5-6-16(19)20)11-14(17-12)15-4-3-7-18(15)8-9-21-2/h10-11,15H,3-9H2,1-2H3,(H,19,20)/t15-/m1/s1. The number of methoxy groups -OCH3 is 1. The van der Waals surface area contributed by atoms with Crippen LogP contribution in [0.3, 0.4) is 0 Å². The van der Waals surface area contributed by atoms with Gasteiger partial charge < -0.3 is 9.84 Å². The van der Waals surface area contributed by atoms with E-state index in [2.05, 4.69) is 16.0 Å². The molecule has 2 heterocycles. The second kappa shape index (κ2) is 7.52. The Morgan fingerprint density at radius 1 is 1.52 bits per heavy atom. The maximum Gasteiger partial charge on any atom is 0.303 e. The molecule has 116 valence electrons. The maximum absolute atomic E-state index is 10.7. The SMILES string of the molecule is COCCN1CCC[C@@H]1c1cc(CCC(=O)O)cc(C)n1. The van der Waals surface area contributed by atoms with Crippen LogP contribution in [0.5, 0.6) is 0 Å². The molecule has 1 aromatic rings. The van der Waals surface area contributed by atoms with Gasteiger partial charge in [-0.25, -0.2) is 0 Å². The van der Waals surface area contributed by atoms with E-state index in [1.807, 2.05) is 13.0 Å². The Kier molecular flexibility index (Phi) is 5.70. The van der Waals surface area contributed by atoms with Crippen molar-refractivity contribution in [2.75, 3.05) is 26.8 Å². The second-order valence-electron chi connectivity index (χ2n) is 5.62. The minimum absolute atomic E-state index is 0.168.